The lowest BCUT2D eigenvalue weighted by molar-refractivity contribution is -0.142. The Morgan fingerprint density at radius 2 is 1.56 bits per heavy atom. The highest BCUT2D eigenvalue weighted by molar-refractivity contribution is 5.85. The quantitative estimate of drug-likeness (QED) is 0.896. The summed E-state index contributed by atoms with van der Waals surface area (Å²) < 4.78 is 27.9. The van der Waals surface area contributed by atoms with Crippen LogP contribution in [0.2, 0.25) is 0 Å². The van der Waals surface area contributed by atoms with E-state index in [4.69, 9.17) is 0 Å². The van der Waals surface area contributed by atoms with Crippen LogP contribution in [0.25, 0.3) is 0 Å². The number of rotatable bonds is 4. The number of halogens is 2. The first kappa shape index (κ1) is 17.6. The lowest BCUT2D eigenvalue weighted by Crippen LogP contribution is -2.31. The topological polar surface area (TPSA) is 57.6 Å². The molecule has 1 N–H and O–H groups in total. The van der Waals surface area contributed by atoms with Gasteiger partial charge in [-0.1, -0.05) is 36.4 Å². The Morgan fingerprint density at radius 3 is 2.19 bits per heavy atom. The van der Waals surface area contributed by atoms with E-state index in [1.807, 2.05) is 30.3 Å². The minimum atomic E-state index is -0.938. The fraction of sp³-hybridized carbons (Fsp3) is 0.333. The van der Waals surface area contributed by atoms with Crippen molar-refractivity contribution in [3.8, 4) is 0 Å². The van der Waals surface area contributed by atoms with Crippen LogP contribution in [-0.2, 0) is 9.59 Å². The molecule has 1 aliphatic heterocycles. The summed E-state index contributed by atoms with van der Waals surface area (Å²) in [5, 5.41) is 9.56. The average Bonchev–Trinajstić information content (AvgIpc) is 3.29. The molecule has 4 unspecified atom stereocenters. The van der Waals surface area contributed by atoms with Gasteiger partial charge in [-0.3, -0.25) is 9.59 Å². The molecule has 140 valence electrons. The first-order valence-electron chi connectivity index (χ1n) is 8.97. The van der Waals surface area contributed by atoms with Gasteiger partial charge in [-0.05, 0) is 24.1 Å². The van der Waals surface area contributed by atoms with Crippen molar-refractivity contribution < 1.29 is 23.5 Å². The third kappa shape index (κ3) is 3.20. The molecular weight excluding hydrogens is 352 g/mol. The maximum absolute atomic E-state index is 14.0. The van der Waals surface area contributed by atoms with Crippen LogP contribution in [0.3, 0.4) is 0 Å². The van der Waals surface area contributed by atoms with Crippen molar-refractivity contribution in [3.05, 3.63) is 71.3 Å². The Bertz CT molecular complexity index is 866. The van der Waals surface area contributed by atoms with E-state index >= 15 is 0 Å². The molecule has 1 heterocycles. The predicted octanol–water partition coefficient (Wildman–Crippen LogP) is 3.40. The van der Waals surface area contributed by atoms with Gasteiger partial charge in [0.1, 0.15) is 11.6 Å². The first-order valence-corrected chi connectivity index (χ1v) is 8.97. The van der Waals surface area contributed by atoms with Gasteiger partial charge in [0.05, 0.1) is 5.92 Å². The lowest BCUT2D eigenvalue weighted by Gasteiger charge is -2.17. The predicted molar refractivity (Wildman–Crippen MR) is 94.1 cm³/mol. The summed E-state index contributed by atoms with van der Waals surface area (Å²) in [6, 6.07) is 13.0. The van der Waals surface area contributed by atoms with Gasteiger partial charge in [0.25, 0.3) is 0 Å². The number of carbonyl (C=O) groups is 2. The van der Waals surface area contributed by atoms with E-state index in [-0.39, 0.29) is 23.9 Å². The number of hydrogen-bond donors (Lipinski definition) is 1. The summed E-state index contributed by atoms with van der Waals surface area (Å²) in [4.78, 5) is 26.1. The fourth-order valence-corrected chi connectivity index (χ4v) is 4.16. The number of hydrogen-bond acceptors (Lipinski definition) is 2. The van der Waals surface area contributed by atoms with E-state index in [1.54, 1.807) is 4.90 Å². The highest BCUT2D eigenvalue weighted by Gasteiger charge is 2.51. The van der Waals surface area contributed by atoms with Crippen molar-refractivity contribution in [2.24, 2.45) is 11.8 Å². The van der Waals surface area contributed by atoms with Crippen molar-refractivity contribution in [1.82, 2.24) is 4.90 Å². The Kier molecular flexibility index (Phi) is 4.42. The highest BCUT2D eigenvalue weighted by Crippen LogP contribution is 2.51. The molecule has 2 aliphatic rings. The zero-order valence-corrected chi connectivity index (χ0v) is 14.5. The van der Waals surface area contributed by atoms with Crippen LogP contribution in [0.4, 0.5) is 8.78 Å². The minimum Gasteiger partial charge on any atom is -0.481 e. The number of carboxylic acids is 1. The van der Waals surface area contributed by atoms with Crippen LogP contribution >= 0.6 is 0 Å². The van der Waals surface area contributed by atoms with Crippen LogP contribution in [0.15, 0.2) is 48.5 Å². The molecule has 1 saturated heterocycles. The largest absolute Gasteiger partial charge is 0.481 e. The molecule has 1 saturated carbocycles. The van der Waals surface area contributed by atoms with E-state index < -0.39 is 35.4 Å². The number of carboxylic acid groups (broad SMARTS) is 1. The van der Waals surface area contributed by atoms with Gasteiger partial charge in [0.2, 0.25) is 5.91 Å². The van der Waals surface area contributed by atoms with Crippen LogP contribution in [-0.4, -0.2) is 35.0 Å². The Balaban J connectivity index is 1.51. The van der Waals surface area contributed by atoms with E-state index in [9.17, 15) is 23.5 Å². The fourth-order valence-electron chi connectivity index (χ4n) is 4.16. The maximum atomic E-state index is 14.0. The van der Waals surface area contributed by atoms with E-state index in [0.29, 0.717) is 13.0 Å². The number of aliphatic carboxylic acids is 1. The normalized spacial score (nSPS) is 26.8. The molecule has 2 aromatic rings. The van der Waals surface area contributed by atoms with Crippen LogP contribution in [0, 0.1) is 23.5 Å². The summed E-state index contributed by atoms with van der Waals surface area (Å²) in [7, 11) is 0. The molecule has 6 heteroatoms. The standard InChI is InChI=1S/C21H19F2NO3/c22-17-7-4-8-18(23)19(17)13-9-14(13)20(25)24-10-15(16(11-24)21(26)27)12-5-2-1-3-6-12/h1-8,13-16H,9-11H2,(H,26,27). The number of amides is 1. The van der Waals surface area contributed by atoms with Gasteiger partial charge in [0, 0.05) is 36.4 Å². The molecule has 1 amide bonds. The number of benzene rings is 2. The van der Waals surface area contributed by atoms with E-state index in [2.05, 4.69) is 0 Å². The van der Waals surface area contributed by atoms with Gasteiger partial charge in [-0.15, -0.1) is 0 Å². The van der Waals surface area contributed by atoms with Gasteiger partial charge >= 0.3 is 5.97 Å². The van der Waals surface area contributed by atoms with Gasteiger partial charge in [0.15, 0.2) is 0 Å². The van der Waals surface area contributed by atoms with Crippen molar-refractivity contribution >= 4 is 11.9 Å². The maximum Gasteiger partial charge on any atom is 0.308 e. The Morgan fingerprint density at radius 1 is 0.889 bits per heavy atom. The summed E-state index contributed by atoms with van der Waals surface area (Å²) in [6.45, 7) is 0.430. The summed E-state index contributed by atoms with van der Waals surface area (Å²) in [5.41, 5.74) is 0.845. The molecule has 2 aromatic carbocycles. The zero-order valence-electron chi connectivity index (χ0n) is 14.5. The van der Waals surface area contributed by atoms with Crippen LogP contribution in [0.1, 0.15) is 29.4 Å². The number of nitrogens with zero attached hydrogens (tertiary/aromatic N) is 1. The second kappa shape index (κ2) is 6.76. The molecule has 0 spiro atoms. The van der Waals surface area contributed by atoms with Gasteiger partial charge < -0.3 is 10.0 Å². The first-order chi connectivity index (χ1) is 13.0. The number of likely N-dealkylation sites (tertiary alicyclic amines) is 1. The highest BCUT2D eigenvalue weighted by atomic mass is 19.1. The summed E-state index contributed by atoms with van der Waals surface area (Å²) >= 11 is 0. The minimum absolute atomic E-state index is 0.0376. The summed E-state index contributed by atoms with van der Waals surface area (Å²) in [5.74, 6) is -4.35. The second-order valence-electron chi connectivity index (χ2n) is 7.29. The number of carbonyl (C=O) groups excluding carboxylic acids is 1. The third-order valence-corrected chi connectivity index (χ3v) is 5.65. The van der Waals surface area contributed by atoms with Crippen molar-refractivity contribution in [2.75, 3.05) is 13.1 Å². The van der Waals surface area contributed by atoms with E-state index in [0.717, 1.165) is 5.56 Å². The van der Waals surface area contributed by atoms with Crippen molar-refractivity contribution in [3.63, 3.8) is 0 Å². The molecule has 4 atom stereocenters. The molecule has 2 fully saturated rings. The SMILES string of the molecule is O=C(O)C1CN(C(=O)C2CC2c2c(F)cccc2F)CC1c1ccccc1. The smallest absolute Gasteiger partial charge is 0.308 e. The molecule has 0 aromatic heterocycles. The van der Waals surface area contributed by atoms with E-state index in [1.165, 1.54) is 18.2 Å². The molecule has 4 rings (SSSR count). The monoisotopic (exact) mass is 371 g/mol. The molecule has 1 aliphatic carbocycles. The van der Waals surface area contributed by atoms with Crippen molar-refractivity contribution in [2.45, 2.75) is 18.3 Å². The van der Waals surface area contributed by atoms with Gasteiger partial charge in [-0.2, -0.15) is 0 Å². The third-order valence-electron chi connectivity index (χ3n) is 5.65. The zero-order chi connectivity index (χ0) is 19.1. The molecule has 27 heavy (non-hydrogen) atoms. The van der Waals surface area contributed by atoms with Crippen LogP contribution < -0.4 is 0 Å². The Hall–Kier alpha value is -2.76. The lowest BCUT2D eigenvalue weighted by atomic mass is 9.89. The molecular formula is C21H19F2NO3. The molecule has 0 bridgehead atoms. The average molecular weight is 371 g/mol. The van der Waals surface area contributed by atoms with Crippen molar-refractivity contribution in [1.29, 1.82) is 0 Å². The molecule has 4 nitrogen and oxygen atoms in total. The van der Waals surface area contributed by atoms with Gasteiger partial charge in [-0.25, -0.2) is 8.78 Å². The van der Waals surface area contributed by atoms with Crippen LogP contribution in [0.5, 0.6) is 0 Å². The second-order valence-corrected chi connectivity index (χ2v) is 7.29. The summed E-state index contributed by atoms with van der Waals surface area (Å²) in [6.07, 6.45) is 0.390. The Labute approximate surface area is 155 Å². The molecule has 0 radical (unpaired) electrons.